The van der Waals surface area contributed by atoms with Gasteiger partial charge in [0.1, 0.15) is 5.76 Å². The lowest BCUT2D eigenvalue weighted by Gasteiger charge is -2.14. The van der Waals surface area contributed by atoms with E-state index in [0.717, 1.165) is 18.4 Å². The maximum absolute atomic E-state index is 12.1. The van der Waals surface area contributed by atoms with E-state index in [-0.39, 0.29) is 23.1 Å². The molecule has 1 aliphatic carbocycles. The van der Waals surface area contributed by atoms with Gasteiger partial charge in [0.15, 0.2) is 0 Å². The summed E-state index contributed by atoms with van der Waals surface area (Å²) in [5, 5.41) is 6.74. The highest BCUT2D eigenvalue weighted by atomic mass is 16.5. The Labute approximate surface area is 139 Å². The third-order valence-electron chi connectivity index (χ3n) is 4.11. The smallest absolute Gasteiger partial charge is 0.340 e. The molecule has 126 valence electrons. The molecular weight excluding hydrogens is 310 g/mol. The Hall–Kier alpha value is -2.83. The Morgan fingerprint density at radius 1 is 1.33 bits per heavy atom. The van der Waals surface area contributed by atoms with Gasteiger partial charge in [0.05, 0.1) is 29.7 Å². The van der Waals surface area contributed by atoms with E-state index < -0.39 is 5.97 Å². The van der Waals surface area contributed by atoms with Crippen LogP contribution in [0.15, 0.2) is 16.7 Å². The standard InChI is InChI=1S/C17H19N3O4/c1-8-14(9(2)24-20-8)11-6-12(17(22)23-3)15(18)13(7-11)19-16(21)10-4-5-10/h6-7,10H,4-5,18H2,1-3H3,(H,19,21). The molecule has 1 aromatic carbocycles. The van der Waals surface area contributed by atoms with Crippen molar-refractivity contribution in [1.29, 1.82) is 0 Å². The number of hydrogen-bond donors (Lipinski definition) is 2. The molecular formula is C17H19N3O4. The Kier molecular flexibility index (Phi) is 4.01. The van der Waals surface area contributed by atoms with Crippen LogP contribution in [0.3, 0.4) is 0 Å². The van der Waals surface area contributed by atoms with E-state index in [1.807, 2.05) is 6.92 Å². The Balaban J connectivity index is 2.11. The molecule has 1 aliphatic rings. The lowest BCUT2D eigenvalue weighted by Crippen LogP contribution is -2.16. The molecule has 7 nitrogen and oxygen atoms in total. The molecule has 3 N–H and O–H groups in total. The average Bonchev–Trinajstić information content (AvgIpc) is 3.35. The van der Waals surface area contributed by atoms with Crippen LogP contribution in [-0.2, 0) is 9.53 Å². The van der Waals surface area contributed by atoms with Gasteiger partial charge in [-0.3, -0.25) is 4.79 Å². The molecule has 0 radical (unpaired) electrons. The van der Waals surface area contributed by atoms with Crippen LogP contribution < -0.4 is 11.1 Å². The summed E-state index contributed by atoms with van der Waals surface area (Å²) in [5.74, 6) is -0.0160. The molecule has 1 heterocycles. The summed E-state index contributed by atoms with van der Waals surface area (Å²) < 4.78 is 9.99. The molecule has 3 rings (SSSR count). The molecule has 1 saturated carbocycles. The molecule has 1 amide bonds. The summed E-state index contributed by atoms with van der Waals surface area (Å²) in [6, 6.07) is 3.36. The molecule has 0 saturated heterocycles. The normalized spacial score (nSPS) is 13.6. The van der Waals surface area contributed by atoms with Crippen molar-refractivity contribution >= 4 is 23.3 Å². The maximum Gasteiger partial charge on any atom is 0.340 e. The monoisotopic (exact) mass is 329 g/mol. The predicted molar refractivity (Wildman–Crippen MR) is 88.5 cm³/mol. The molecule has 0 unspecified atom stereocenters. The zero-order valence-electron chi connectivity index (χ0n) is 13.8. The summed E-state index contributed by atoms with van der Waals surface area (Å²) >= 11 is 0. The fourth-order valence-corrected chi connectivity index (χ4v) is 2.66. The van der Waals surface area contributed by atoms with Crippen LogP contribution in [0.25, 0.3) is 11.1 Å². The molecule has 2 aromatic rings. The Bertz CT molecular complexity index is 802. The first-order valence-corrected chi connectivity index (χ1v) is 7.68. The second-order valence-electron chi connectivity index (χ2n) is 5.94. The number of nitrogens with one attached hydrogen (secondary N) is 1. The lowest BCUT2D eigenvalue weighted by atomic mass is 9.99. The maximum atomic E-state index is 12.1. The predicted octanol–water partition coefficient (Wildman–Crippen LogP) is 2.68. The van der Waals surface area contributed by atoms with Gasteiger partial charge in [-0.2, -0.15) is 0 Å². The number of carbonyl (C=O) groups is 2. The number of anilines is 2. The number of aryl methyl sites for hydroxylation is 2. The van der Waals surface area contributed by atoms with Gasteiger partial charge >= 0.3 is 5.97 Å². The SMILES string of the molecule is COC(=O)c1cc(-c2c(C)noc2C)cc(NC(=O)C2CC2)c1N. The summed E-state index contributed by atoms with van der Waals surface area (Å²) in [5.41, 5.74) is 8.99. The highest BCUT2D eigenvalue weighted by Crippen LogP contribution is 2.36. The number of rotatable bonds is 4. The quantitative estimate of drug-likeness (QED) is 0.659. The zero-order chi connectivity index (χ0) is 17.4. The number of aromatic nitrogens is 1. The number of benzene rings is 1. The van der Waals surface area contributed by atoms with Crippen LogP contribution in [0.2, 0.25) is 0 Å². The number of methoxy groups -OCH3 is 1. The first-order valence-electron chi connectivity index (χ1n) is 7.68. The summed E-state index contributed by atoms with van der Waals surface area (Å²) in [6.45, 7) is 3.59. The third-order valence-corrected chi connectivity index (χ3v) is 4.11. The van der Waals surface area contributed by atoms with Gasteiger partial charge in [-0.05, 0) is 44.4 Å². The number of carbonyl (C=O) groups excluding carboxylic acids is 2. The van der Waals surface area contributed by atoms with Gasteiger partial charge in [-0.1, -0.05) is 5.16 Å². The molecule has 0 atom stereocenters. The highest BCUT2D eigenvalue weighted by Gasteiger charge is 2.30. The molecule has 0 bridgehead atoms. The van der Waals surface area contributed by atoms with E-state index in [1.165, 1.54) is 7.11 Å². The van der Waals surface area contributed by atoms with Crippen LogP contribution >= 0.6 is 0 Å². The number of nitrogen functional groups attached to an aromatic ring is 1. The van der Waals surface area contributed by atoms with Gasteiger partial charge < -0.3 is 20.3 Å². The van der Waals surface area contributed by atoms with Crippen molar-refractivity contribution in [2.24, 2.45) is 5.92 Å². The minimum atomic E-state index is -0.567. The third kappa shape index (κ3) is 2.84. The number of amides is 1. The van der Waals surface area contributed by atoms with E-state index >= 15 is 0 Å². The minimum absolute atomic E-state index is 0.0219. The number of nitrogens with zero attached hydrogens (tertiary/aromatic N) is 1. The van der Waals surface area contributed by atoms with Crippen molar-refractivity contribution in [3.63, 3.8) is 0 Å². The van der Waals surface area contributed by atoms with Crippen molar-refractivity contribution in [3.8, 4) is 11.1 Å². The Morgan fingerprint density at radius 3 is 2.58 bits per heavy atom. The van der Waals surface area contributed by atoms with Crippen molar-refractivity contribution in [2.75, 3.05) is 18.2 Å². The summed E-state index contributed by atoms with van der Waals surface area (Å²) in [7, 11) is 1.28. The average molecular weight is 329 g/mol. The topological polar surface area (TPSA) is 107 Å². The Morgan fingerprint density at radius 2 is 2.04 bits per heavy atom. The van der Waals surface area contributed by atoms with E-state index in [1.54, 1.807) is 19.1 Å². The number of ether oxygens (including phenoxy) is 1. The van der Waals surface area contributed by atoms with Crippen molar-refractivity contribution in [1.82, 2.24) is 5.16 Å². The fourth-order valence-electron chi connectivity index (χ4n) is 2.66. The molecule has 0 aliphatic heterocycles. The number of nitrogens with two attached hydrogens (primary N) is 1. The molecule has 24 heavy (non-hydrogen) atoms. The van der Waals surface area contributed by atoms with Crippen molar-refractivity contribution in [3.05, 3.63) is 29.2 Å². The zero-order valence-corrected chi connectivity index (χ0v) is 13.8. The van der Waals surface area contributed by atoms with Gasteiger partial charge in [0, 0.05) is 11.5 Å². The first kappa shape index (κ1) is 16.0. The fraction of sp³-hybridized carbons (Fsp3) is 0.353. The molecule has 0 spiro atoms. The lowest BCUT2D eigenvalue weighted by molar-refractivity contribution is -0.117. The second kappa shape index (κ2) is 5.99. The van der Waals surface area contributed by atoms with E-state index in [9.17, 15) is 9.59 Å². The van der Waals surface area contributed by atoms with E-state index in [2.05, 4.69) is 10.5 Å². The summed E-state index contributed by atoms with van der Waals surface area (Å²) in [6.07, 6.45) is 1.75. The van der Waals surface area contributed by atoms with E-state index in [0.29, 0.717) is 22.7 Å². The van der Waals surface area contributed by atoms with Crippen molar-refractivity contribution < 1.29 is 18.8 Å². The highest BCUT2D eigenvalue weighted by molar-refractivity contribution is 6.04. The van der Waals surface area contributed by atoms with Crippen LogP contribution in [0, 0.1) is 19.8 Å². The van der Waals surface area contributed by atoms with Crippen LogP contribution in [0.4, 0.5) is 11.4 Å². The number of hydrogen-bond acceptors (Lipinski definition) is 6. The molecule has 1 fully saturated rings. The van der Waals surface area contributed by atoms with Gasteiger partial charge in [-0.15, -0.1) is 0 Å². The molecule has 7 heteroatoms. The second-order valence-corrected chi connectivity index (χ2v) is 5.94. The number of esters is 1. The largest absolute Gasteiger partial charge is 0.465 e. The van der Waals surface area contributed by atoms with Crippen LogP contribution in [0.1, 0.15) is 34.7 Å². The van der Waals surface area contributed by atoms with Gasteiger partial charge in [0.25, 0.3) is 0 Å². The van der Waals surface area contributed by atoms with Gasteiger partial charge in [0.2, 0.25) is 5.91 Å². The van der Waals surface area contributed by atoms with Crippen LogP contribution in [-0.4, -0.2) is 24.1 Å². The van der Waals surface area contributed by atoms with Gasteiger partial charge in [-0.25, -0.2) is 4.79 Å². The molecule has 1 aromatic heterocycles. The van der Waals surface area contributed by atoms with Crippen molar-refractivity contribution in [2.45, 2.75) is 26.7 Å². The summed E-state index contributed by atoms with van der Waals surface area (Å²) in [4.78, 5) is 24.2. The van der Waals surface area contributed by atoms with E-state index in [4.69, 9.17) is 15.0 Å². The minimum Gasteiger partial charge on any atom is -0.465 e. The van der Waals surface area contributed by atoms with Crippen LogP contribution in [0.5, 0.6) is 0 Å². The first-order chi connectivity index (χ1) is 11.4.